The van der Waals surface area contributed by atoms with E-state index < -0.39 is 24.8 Å². The van der Waals surface area contributed by atoms with E-state index in [0.29, 0.717) is 5.69 Å². The van der Waals surface area contributed by atoms with E-state index >= 15 is 0 Å². The van der Waals surface area contributed by atoms with Crippen molar-refractivity contribution >= 4 is 25.5 Å². The lowest BCUT2D eigenvalue weighted by Gasteiger charge is -2.12. The number of sulfone groups is 1. The summed E-state index contributed by atoms with van der Waals surface area (Å²) in [5.74, 6) is 0. The molecule has 0 saturated carbocycles. The molecule has 0 aromatic heterocycles. The van der Waals surface area contributed by atoms with E-state index in [1.807, 2.05) is 0 Å². The summed E-state index contributed by atoms with van der Waals surface area (Å²) in [5, 5.41) is 5.17. The van der Waals surface area contributed by atoms with Crippen LogP contribution in [0.4, 0.5) is 5.69 Å². The van der Waals surface area contributed by atoms with E-state index in [9.17, 15) is 16.8 Å². The number of rotatable bonds is 3. The fourth-order valence-electron chi connectivity index (χ4n) is 2.11. The highest BCUT2D eigenvalue weighted by Gasteiger charge is 2.27. The maximum atomic E-state index is 12.7. The molecule has 22 heavy (non-hydrogen) atoms. The molecule has 4 N–H and O–H groups in total. The molecule has 0 fully saturated rings. The highest BCUT2D eigenvalue weighted by molar-refractivity contribution is 7.93. The Morgan fingerprint density at radius 2 is 1.55 bits per heavy atom. The SMILES string of the molecule is Cc1ccc(S(=O)(=O)c2cccc(C)c2S(N)(=O)=O)cc1N. The molecule has 0 saturated heterocycles. The van der Waals surface area contributed by atoms with Gasteiger partial charge in [-0.05, 0) is 43.2 Å². The minimum absolute atomic E-state index is 0.0777. The van der Waals surface area contributed by atoms with E-state index in [2.05, 4.69) is 0 Å². The fourth-order valence-corrected chi connectivity index (χ4v) is 5.10. The molecule has 0 aliphatic carbocycles. The van der Waals surface area contributed by atoms with Crippen molar-refractivity contribution in [2.24, 2.45) is 5.14 Å². The van der Waals surface area contributed by atoms with Gasteiger partial charge in [-0.2, -0.15) is 0 Å². The van der Waals surface area contributed by atoms with E-state index in [-0.39, 0.29) is 15.4 Å². The number of aryl methyl sites for hydroxylation is 2. The van der Waals surface area contributed by atoms with E-state index in [0.717, 1.165) is 5.56 Å². The van der Waals surface area contributed by atoms with Crippen LogP contribution in [0.15, 0.2) is 51.1 Å². The molecule has 0 amide bonds. The molecule has 0 bridgehead atoms. The number of anilines is 1. The van der Waals surface area contributed by atoms with E-state index in [4.69, 9.17) is 10.9 Å². The van der Waals surface area contributed by atoms with Crippen LogP contribution in [-0.2, 0) is 19.9 Å². The van der Waals surface area contributed by atoms with Crippen LogP contribution in [0.5, 0.6) is 0 Å². The molecule has 0 atom stereocenters. The quantitative estimate of drug-likeness (QED) is 0.817. The Labute approximate surface area is 129 Å². The largest absolute Gasteiger partial charge is 0.398 e. The zero-order valence-electron chi connectivity index (χ0n) is 12.1. The zero-order chi connectivity index (χ0) is 16.7. The van der Waals surface area contributed by atoms with Gasteiger partial charge in [0.25, 0.3) is 0 Å². The van der Waals surface area contributed by atoms with Crippen molar-refractivity contribution in [1.29, 1.82) is 0 Å². The van der Waals surface area contributed by atoms with Crippen molar-refractivity contribution in [2.45, 2.75) is 28.5 Å². The summed E-state index contributed by atoms with van der Waals surface area (Å²) in [6.45, 7) is 3.23. The number of hydrogen-bond acceptors (Lipinski definition) is 5. The number of sulfonamides is 1. The number of hydrogen-bond donors (Lipinski definition) is 2. The van der Waals surface area contributed by atoms with Crippen molar-refractivity contribution in [2.75, 3.05) is 5.73 Å². The topological polar surface area (TPSA) is 120 Å². The minimum Gasteiger partial charge on any atom is -0.398 e. The Balaban J connectivity index is 2.80. The van der Waals surface area contributed by atoms with Gasteiger partial charge in [0.15, 0.2) is 0 Å². The summed E-state index contributed by atoms with van der Waals surface area (Å²) in [4.78, 5) is -0.821. The standard InChI is InChI=1S/C14H16N2O4S2/c1-9-6-7-11(8-12(9)15)21(17,18)13-5-3-4-10(2)14(13)22(16,19)20/h3-8H,15H2,1-2H3,(H2,16,19,20). The molecule has 0 aliphatic heterocycles. The second-order valence-electron chi connectivity index (χ2n) is 4.97. The van der Waals surface area contributed by atoms with Crippen LogP contribution < -0.4 is 10.9 Å². The van der Waals surface area contributed by atoms with Gasteiger partial charge >= 0.3 is 0 Å². The Kier molecular flexibility index (Phi) is 4.03. The minimum atomic E-state index is -4.18. The molecule has 0 spiro atoms. The third-order valence-corrected chi connectivity index (χ3v) is 6.34. The van der Waals surface area contributed by atoms with E-state index in [1.54, 1.807) is 13.0 Å². The molecular formula is C14H16N2O4S2. The number of nitrogen functional groups attached to an aromatic ring is 1. The average molecular weight is 340 g/mol. The van der Waals surface area contributed by atoms with Crippen LogP contribution in [0.1, 0.15) is 11.1 Å². The summed E-state index contributed by atoms with van der Waals surface area (Å²) in [7, 11) is -8.24. The van der Waals surface area contributed by atoms with Crippen LogP contribution in [-0.4, -0.2) is 16.8 Å². The summed E-state index contributed by atoms with van der Waals surface area (Å²) in [5.41, 5.74) is 7.05. The number of benzene rings is 2. The fraction of sp³-hybridized carbons (Fsp3) is 0.143. The second kappa shape index (κ2) is 5.38. The normalized spacial score (nSPS) is 12.3. The van der Waals surface area contributed by atoms with Gasteiger partial charge < -0.3 is 5.73 Å². The Hall–Kier alpha value is -1.90. The number of primary sulfonamides is 1. The van der Waals surface area contributed by atoms with Gasteiger partial charge in [0.05, 0.1) is 9.79 Å². The van der Waals surface area contributed by atoms with Crippen molar-refractivity contribution < 1.29 is 16.8 Å². The summed E-state index contributed by atoms with van der Waals surface area (Å²) in [6.07, 6.45) is 0. The van der Waals surface area contributed by atoms with Crippen LogP contribution >= 0.6 is 0 Å². The Morgan fingerprint density at radius 1 is 0.909 bits per heavy atom. The maximum Gasteiger partial charge on any atom is 0.239 e. The first-order valence-corrected chi connectivity index (χ1v) is 9.31. The molecule has 0 unspecified atom stereocenters. The predicted octanol–water partition coefficient (Wildman–Crippen LogP) is 1.37. The first-order valence-electron chi connectivity index (χ1n) is 6.29. The molecule has 2 aromatic carbocycles. The molecule has 0 radical (unpaired) electrons. The predicted molar refractivity (Wildman–Crippen MR) is 83.6 cm³/mol. The highest BCUT2D eigenvalue weighted by Crippen LogP contribution is 2.30. The van der Waals surface area contributed by atoms with Gasteiger partial charge in [0.1, 0.15) is 4.90 Å². The monoisotopic (exact) mass is 340 g/mol. The molecular weight excluding hydrogens is 324 g/mol. The zero-order valence-corrected chi connectivity index (χ0v) is 13.7. The molecule has 6 nitrogen and oxygen atoms in total. The molecule has 0 aliphatic rings. The number of nitrogens with two attached hydrogens (primary N) is 2. The van der Waals surface area contributed by atoms with Gasteiger partial charge in [-0.25, -0.2) is 22.0 Å². The van der Waals surface area contributed by atoms with Gasteiger partial charge in [-0.1, -0.05) is 18.2 Å². The summed E-state index contributed by atoms with van der Waals surface area (Å²) in [6, 6.07) is 8.43. The average Bonchev–Trinajstić information content (AvgIpc) is 2.40. The van der Waals surface area contributed by atoms with Gasteiger partial charge in [0.2, 0.25) is 19.9 Å². The van der Waals surface area contributed by atoms with Gasteiger partial charge in [-0.3, -0.25) is 0 Å². The summed E-state index contributed by atoms with van der Waals surface area (Å²) < 4.78 is 49.0. The third-order valence-electron chi connectivity index (χ3n) is 3.31. The lowest BCUT2D eigenvalue weighted by Crippen LogP contribution is -2.18. The van der Waals surface area contributed by atoms with Crippen molar-refractivity contribution in [3.63, 3.8) is 0 Å². The first kappa shape index (κ1) is 16.5. The van der Waals surface area contributed by atoms with Crippen LogP contribution in [0.25, 0.3) is 0 Å². The van der Waals surface area contributed by atoms with Gasteiger partial charge in [0, 0.05) is 5.69 Å². The lowest BCUT2D eigenvalue weighted by molar-refractivity contribution is 0.582. The van der Waals surface area contributed by atoms with Crippen LogP contribution in [0.2, 0.25) is 0 Å². The molecule has 2 aromatic rings. The van der Waals surface area contributed by atoms with Crippen molar-refractivity contribution in [3.05, 3.63) is 47.5 Å². The molecule has 118 valence electrons. The van der Waals surface area contributed by atoms with Gasteiger partial charge in [-0.15, -0.1) is 0 Å². The van der Waals surface area contributed by atoms with Crippen LogP contribution in [0, 0.1) is 13.8 Å². The molecule has 2 rings (SSSR count). The molecule has 8 heteroatoms. The Bertz CT molecular complexity index is 949. The summed E-state index contributed by atoms with van der Waals surface area (Å²) >= 11 is 0. The maximum absolute atomic E-state index is 12.7. The van der Waals surface area contributed by atoms with Crippen LogP contribution in [0.3, 0.4) is 0 Å². The van der Waals surface area contributed by atoms with E-state index in [1.165, 1.54) is 37.3 Å². The van der Waals surface area contributed by atoms with Crippen molar-refractivity contribution in [3.8, 4) is 0 Å². The van der Waals surface area contributed by atoms with Crippen molar-refractivity contribution in [1.82, 2.24) is 0 Å². The highest BCUT2D eigenvalue weighted by atomic mass is 32.2. The third kappa shape index (κ3) is 2.85. The Morgan fingerprint density at radius 3 is 2.09 bits per heavy atom. The smallest absolute Gasteiger partial charge is 0.239 e. The molecule has 0 heterocycles. The lowest BCUT2D eigenvalue weighted by atomic mass is 10.2. The first-order chi connectivity index (χ1) is 10.0. The second-order valence-corrected chi connectivity index (χ2v) is 8.39.